The van der Waals surface area contributed by atoms with E-state index < -0.39 is 0 Å². The highest BCUT2D eigenvalue weighted by Gasteiger charge is 2.06. The van der Waals surface area contributed by atoms with Gasteiger partial charge in [-0.05, 0) is 53.2 Å². The Morgan fingerprint density at radius 1 is 1.19 bits per heavy atom. The van der Waals surface area contributed by atoms with Crippen LogP contribution in [0.1, 0.15) is 18.9 Å². The van der Waals surface area contributed by atoms with E-state index in [9.17, 15) is 0 Å². The first-order valence-electron chi connectivity index (χ1n) is 6.82. The van der Waals surface area contributed by atoms with Gasteiger partial charge in [0.15, 0.2) is 5.16 Å². The van der Waals surface area contributed by atoms with Gasteiger partial charge in [0.2, 0.25) is 0 Å². The number of rotatable bonds is 6. The van der Waals surface area contributed by atoms with Crippen molar-refractivity contribution >= 4 is 45.0 Å². The minimum atomic E-state index is 0.752. The van der Waals surface area contributed by atoms with Crippen LogP contribution < -0.4 is 10.6 Å². The summed E-state index contributed by atoms with van der Waals surface area (Å²) in [6, 6.07) is 8.12. The van der Waals surface area contributed by atoms with Gasteiger partial charge in [0, 0.05) is 17.1 Å². The highest BCUT2D eigenvalue weighted by atomic mass is 79.9. The summed E-state index contributed by atoms with van der Waals surface area (Å²) in [5.41, 5.74) is 2.20. The maximum Gasteiger partial charge on any atom is 0.191 e. The Bertz CT molecular complexity index is 619. The van der Waals surface area contributed by atoms with Gasteiger partial charge in [-0.3, -0.25) is 0 Å². The third-order valence-corrected chi connectivity index (χ3v) is 4.07. The Balaban J connectivity index is 2.27. The van der Waals surface area contributed by atoms with Gasteiger partial charge in [-0.15, -0.1) is 0 Å². The molecule has 2 aromatic rings. The fourth-order valence-corrected chi connectivity index (χ4v) is 2.52. The van der Waals surface area contributed by atoms with Crippen LogP contribution in [0.5, 0.6) is 0 Å². The highest BCUT2D eigenvalue weighted by Crippen LogP contribution is 2.27. The molecule has 1 heterocycles. The molecule has 0 atom stereocenters. The molecule has 0 radical (unpaired) electrons. The van der Waals surface area contributed by atoms with E-state index in [0.717, 1.165) is 39.9 Å². The molecule has 21 heavy (non-hydrogen) atoms. The molecule has 112 valence electrons. The van der Waals surface area contributed by atoms with Gasteiger partial charge in [-0.1, -0.05) is 24.8 Å². The molecule has 2 rings (SSSR count). The smallest absolute Gasteiger partial charge is 0.191 e. The topological polar surface area (TPSA) is 49.8 Å². The molecule has 0 fully saturated rings. The van der Waals surface area contributed by atoms with Crippen LogP contribution in [0.2, 0.25) is 0 Å². The summed E-state index contributed by atoms with van der Waals surface area (Å²) >= 11 is 5.09. The summed E-state index contributed by atoms with van der Waals surface area (Å²) in [5.74, 6) is 1.64. The molecule has 0 saturated carbocycles. The van der Waals surface area contributed by atoms with Crippen molar-refractivity contribution in [3.63, 3.8) is 0 Å². The molecule has 0 spiro atoms. The van der Waals surface area contributed by atoms with Gasteiger partial charge in [-0.2, -0.15) is 0 Å². The van der Waals surface area contributed by atoms with Crippen molar-refractivity contribution in [2.75, 3.05) is 23.4 Å². The molecular formula is C15H19BrN4S. The molecule has 4 nitrogen and oxygen atoms in total. The van der Waals surface area contributed by atoms with Crippen LogP contribution in [-0.2, 0) is 0 Å². The number of nitrogens with one attached hydrogen (secondary N) is 2. The summed E-state index contributed by atoms with van der Waals surface area (Å²) in [7, 11) is 0. The third-order valence-electron chi connectivity index (χ3n) is 2.83. The third kappa shape index (κ3) is 4.61. The van der Waals surface area contributed by atoms with E-state index in [1.807, 2.05) is 18.4 Å². The average molecular weight is 367 g/mol. The monoisotopic (exact) mass is 366 g/mol. The minimum Gasteiger partial charge on any atom is -0.370 e. The lowest BCUT2D eigenvalue weighted by Crippen LogP contribution is -2.05. The van der Waals surface area contributed by atoms with Crippen molar-refractivity contribution in [1.82, 2.24) is 9.97 Å². The van der Waals surface area contributed by atoms with Crippen LogP contribution in [0.15, 0.2) is 33.9 Å². The number of benzene rings is 1. The number of halogens is 1. The molecule has 0 bridgehead atoms. The second-order valence-electron chi connectivity index (χ2n) is 4.66. The molecular weight excluding hydrogens is 348 g/mol. The summed E-state index contributed by atoms with van der Waals surface area (Å²) in [6.45, 7) is 5.10. The zero-order valence-electron chi connectivity index (χ0n) is 12.4. The fourth-order valence-electron chi connectivity index (χ4n) is 1.80. The van der Waals surface area contributed by atoms with E-state index in [1.54, 1.807) is 0 Å². The predicted molar refractivity (Wildman–Crippen MR) is 94.8 cm³/mol. The Labute approximate surface area is 138 Å². The Morgan fingerprint density at radius 2 is 1.95 bits per heavy atom. The van der Waals surface area contributed by atoms with Crippen molar-refractivity contribution in [3.8, 4) is 0 Å². The van der Waals surface area contributed by atoms with Gasteiger partial charge < -0.3 is 10.6 Å². The van der Waals surface area contributed by atoms with E-state index in [4.69, 9.17) is 0 Å². The van der Waals surface area contributed by atoms with E-state index in [0.29, 0.717) is 0 Å². The van der Waals surface area contributed by atoms with Crippen molar-refractivity contribution in [3.05, 3.63) is 34.3 Å². The van der Waals surface area contributed by atoms with Crippen molar-refractivity contribution < 1.29 is 0 Å². The number of aromatic nitrogens is 2. The van der Waals surface area contributed by atoms with Gasteiger partial charge >= 0.3 is 0 Å². The van der Waals surface area contributed by atoms with Crippen molar-refractivity contribution in [2.24, 2.45) is 0 Å². The lowest BCUT2D eigenvalue weighted by molar-refractivity contribution is 0.929. The molecule has 0 amide bonds. The number of hydrogen-bond acceptors (Lipinski definition) is 5. The number of anilines is 3. The Morgan fingerprint density at radius 3 is 2.67 bits per heavy atom. The molecule has 0 aliphatic rings. The first-order chi connectivity index (χ1) is 10.1. The zero-order chi connectivity index (χ0) is 15.2. The summed E-state index contributed by atoms with van der Waals surface area (Å²) in [5, 5.41) is 7.41. The van der Waals surface area contributed by atoms with Crippen LogP contribution in [0.3, 0.4) is 0 Å². The molecule has 0 unspecified atom stereocenters. The predicted octanol–water partition coefficient (Wildman–Crippen LogP) is 4.83. The normalized spacial score (nSPS) is 10.5. The number of thioether (sulfide) groups is 1. The van der Waals surface area contributed by atoms with Crippen LogP contribution in [-0.4, -0.2) is 22.8 Å². The Hall–Kier alpha value is -1.27. The maximum absolute atomic E-state index is 4.51. The Kier molecular flexibility index (Phi) is 5.87. The van der Waals surface area contributed by atoms with Crippen LogP contribution >= 0.6 is 27.7 Å². The first kappa shape index (κ1) is 16.1. The number of hydrogen-bond donors (Lipinski definition) is 2. The number of aryl methyl sites for hydroxylation is 1. The molecule has 6 heteroatoms. The molecule has 2 N–H and O–H groups in total. The summed E-state index contributed by atoms with van der Waals surface area (Å²) in [6.07, 6.45) is 3.04. The fraction of sp³-hybridized carbons (Fsp3) is 0.333. The maximum atomic E-state index is 4.51. The minimum absolute atomic E-state index is 0.752. The van der Waals surface area contributed by atoms with Crippen LogP contribution in [0, 0.1) is 6.92 Å². The highest BCUT2D eigenvalue weighted by molar-refractivity contribution is 9.10. The average Bonchev–Trinajstić information content (AvgIpc) is 2.48. The van der Waals surface area contributed by atoms with Gasteiger partial charge in [-0.25, -0.2) is 9.97 Å². The van der Waals surface area contributed by atoms with Crippen molar-refractivity contribution in [2.45, 2.75) is 25.4 Å². The quantitative estimate of drug-likeness (QED) is 0.565. The van der Waals surface area contributed by atoms with E-state index in [-0.39, 0.29) is 0 Å². The van der Waals surface area contributed by atoms with Crippen LogP contribution in [0.25, 0.3) is 0 Å². The summed E-state index contributed by atoms with van der Waals surface area (Å²) in [4.78, 5) is 8.97. The van der Waals surface area contributed by atoms with E-state index >= 15 is 0 Å². The lowest BCUT2D eigenvalue weighted by atomic mass is 10.2. The van der Waals surface area contributed by atoms with Gasteiger partial charge in [0.1, 0.15) is 11.6 Å². The largest absolute Gasteiger partial charge is 0.370 e. The second-order valence-corrected chi connectivity index (χ2v) is 6.29. The van der Waals surface area contributed by atoms with E-state index in [1.165, 1.54) is 17.3 Å². The molecule has 1 aromatic heterocycles. The van der Waals surface area contributed by atoms with Gasteiger partial charge in [0.05, 0.1) is 5.69 Å². The second kappa shape index (κ2) is 7.66. The van der Waals surface area contributed by atoms with Crippen molar-refractivity contribution in [1.29, 1.82) is 0 Å². The van der Waals surface area contributed by atoms with E-state index in [2.05, 4.69) is 62.5 Å². The zero-order valence-corrected chi connectivity index (χ0v) is 14.8. The number of nitrogens with zero attached hydrogens (tertiary/aromatic N) is 2. The first-order valence-corrected chi connectivity index (χ1v) is 8.84. The van der Waals surface area contributed by atoms with Gasteiger partial charge in [0.25, 0.3) is 0 Å². The SMILES string of the molecule is CCCNc1cc(Nc2cc(C)ccc2Br)nc(SC)n1. The molecule has 0 aliphatic carbocycles. The van der Waals surface area contributed by atoms with Crippen LogP contribution in [0.4, 0.5) is 17.3 Å². The molecule has 0 saturated heterocycles. The standard InChI is InChI=1S/C15H19BrN4S/c1-4-7-17-13-9-14(20-15(19-13)21-3)18-12-8-10(2)5-6-11(12)16/h5-6,8-9H,4,7H2,1-3H3,(H2,17,18,19,20). The molecule has 1 aromatic carbocycles. The molecule has 0 aliphatic heterocycles. The summed E-state index contributed by atoms with van der Waals surface area (Å²) < 4.78 is 1.01. The lowest BCUT2D eigenvalue weighted by Gasteiger charge is -2.12.